The van der Waals surface area contributed by atoms with E-state index < -0.39 is 0 Å². The predicted molar refractivity (Wildman–Crippen MR) is 142 cm³/mol. The standard InChI is InChI=1S/C29H26N4OS/c1-19-17-24(20(2)33(19)26-14-7-10-21-9-3-4-12-23(21)26)28-27(25-13-5-6-15-30-25)31-29(35)32(28)18-22-11-8-16-34-22/h3-17,27-28H,18H2,1-2H3,(H,31,35)/t27-,28+/m1/s1. The molecule has 0 aliphatic carbocycles. The molecule has 35 heavy (non-hydrogen) atoms. The Morgan fingerprint density at radius 1 is 0.971 bits per heavy atom. The lowest BCUT2D eigenvalue weighted by molar-refractivity contribution is 0.286. The molecule has 2 aromatic carbocycles. The van der Waals surface area contributed by atoms with Crippen molar-refractivity contribution in [3.8, 4) is 5.69 Å². The van der Waals surface area contributed by atoms with Crippen molar-refractivity contribution in [2.45, 2.75) is 32.5 Å². The highest BCUT2D eigenvalue weighted by atomic mass is 32.1. The van der Waals surface area contributed by atoms with E-state index in [1.165, 1.54) is 33.4 Å². The van der Waals surface area contributed by atoms with Gasteiger partial charge in [-0.1, -0.05) is 42.5 Å². The van der Waals surface area contributed by atoms with Crippen molar-refractivity contribution in [3.63, 3.8) is 0 Å². The van der Waals surface area contributed by atoms with Crippen molar-refractivity contribution in [1.29, 1.82) is 0 Å². The summed E-state index contributed by atoms with van der Waals surface area (Å²) in [6.45, 7) is 4.96. The number of aromatic nitrogens is 2. The normalized spacial score (nSPS) is 17.8. The SMILES string of the molecule is Cc1cc([C@H]2[C@@H](c3ccccn3)NC(=S)N2Cc2ccco2)c(C)n1-c1cccc2ccccc12. The van der Waals surface area contributed by atoms with Crippen LogP contribution in [0.2, 0.25) is 0 Å². The van der Waals surface area contributed by atoms with Crippen molar-refractivity contribution < 1.29 is 4.42 Å². The van der Waals surface area contributed by atoms with E-state index in [1.54, 1.807) is 6.26 Å². The Morgan fingerprint density at radius 2 is 1.80 bits per heavy atom. The molecular weight excluding hydrogens is 452 g/mol. The Balaban J connectivity index is 1.51. The fourth-order valence-electron chi connectivity index (χ4n) is 5.35. The number of nitrogens with one attached hydrogen (secondary N) is 1. The number of furan rings is 1. The third-order valence-corrected chi connectivity index (χ3v) is 7.25. The molecule has 174 valence electrons. The second-order valence-electron chi connectivity index (χ2n) is 8.99. The van der Waals surface area contributed by atoms with E-state index in [1.807, 2.05) is 30.5 Å². The number of hydrogen-bond acceptors (Lipinski definition) is 3. The molecule has 1 N–H and O–H groups in total. The summed E-state index contributed by atoms with van der Waals surface area (Å²) in [5.74, 6) is 0.878. The molecule has 4 heterocycles. The van der Waals surface area contributed by atoms with Crippen molar-refractivity contribution in [2.24, 2.45) is 0 Å². The zero-order chi connectivity index (χ0) is 23.9. The summed E-state index contributed by atoms with van der Waals surface area (Å²) in [5.41, 5.74) is 5.76. The number of rotatable bonds is 5. The quantitative estimate of drug-likeness (QED) is 0.296. The van der Waals surface area contributed by atoms with Gasteiger partial charge < -0.3 is 19.2 Å². The molecule has 0 saturated carbocycles. The highest BCUT2D eigenvalue weighted by molar-refractivity contribution is 7.80. The van der Waals surface area contributed by atoms with Gasteiger partial charge in [0.1, 0.15) is 5.76 Å². The van der Waals surface area contributed by atoms with Gasteiger partial charge in [-0.2, -0.15) is 0 Å². The third-order valence-electron chi connectivity index (χ3n) is 6.90. The van der Waals surface area contributed by atoms with Gasteiger partial charge >= 0.3 is 0 Å². The highest BCUT2D eigenvalue weighted by Crippen LogP contribution is 2.42. The zero-order valence-electron chi connectivity index (χ0n) is 19.7. The summed E-state index contributed by atoms with van der Waals surface area (Å²) >= 11 is 5.85. The number of hydrogen-bond donors (Lipinski definition) is 1. The van der Waals surface area contributed by atoms with Gasteiger partial charge in [0.15, 0.2) is 5.11 Å². The summed E-state index contributed by atoms with van der Waals surface area (Å²) in [7, 11) is 0. The van der Waals surface area contributed by atoms with Crippen LogP contribution in [0.25, 0.3) is 16.5 Å². The Bertz CT molecular complexity index is 1500. The second kappa shape index (κ2) is 8.71. The number of thiocarbonyl (C=S) groups is 1. The number of aryl methyl sites for hydroxylation is 1. The summed E-state index contributed by atoms with van der Waals surface area (Å²) in [4.78, 5) is 6.91. The van der Waals surface area contributed by atoms with Crippen LogP contribution in [0.1, 0.15) is 40.5 Å². The van der Waals surface area contributed by atoms with Crippen molar-refractivity contribution in [1.82, 2.24) is 19.8 Å². The molecule has 0 amide bonds. The van der Waals surface area contributed by atoms with E-state index in [0.29, 0.717) is 11.7 Å². The minimum absolute atomic E-state index is 0.0302. The first kappa shape index (κ1) is 21.6. The molecule has 5 aromatic rings. The number of pyridine rings is 1. The average molecular weight is 479 g/mol. The van der Waals surface area contributed by atoms with E-state index in [0.717, 1.165) is 11.5 Å². The average Bonchev–Trinajstić information content (AvgIpc) is 3.58. The van der Waals surface area contributed by atoms with Crippen LogP contribution in [0.4, 0.5) is 0 Å². The summed E-state index contributed by atoms with van der Waals surface area (Å²) in [5, 5.41) is 6.72. The maximum absolute atomic E-state index is 5.85. The number of nitrogens with zero attached hydrogens (tertiary/aromatic N) is 3. The molecule has 1 aliphatic heterocycles. The molecule has 5 nitrogen and oxygen atoms in total. The molecule has 1 aliphatic rings. The highest BCUT2D eigenvalue weighted by Gasteiger charge is 2.41. The molecule has 0 unspecified atom stereocenters. The summed E-state index contributed by atoms with van der Waals surface area (Å²) in [6.07, 6.45) is 3.55. The first-order valence-electron chi connectivity index (χ1n) is 11.8. The molecule has 3 aromatic heterocycles. The van der Waals surface area contributed by atoms with Crippen LogP contribution in [0, 0.1) is 13.8 Å². The van der Waals surface area contributed by atoms with Crippen LogP contribution in [0.3, 0.4) is 0 Å². The predicted octanol–water partition coefficient (Wildman–Crippen LogP) is 6.41. The lowest BCUT2D eigenvalue weighted by Gasteiger charge is -2.27. The molecule has 1 fully saturated rings. The number of fused-ring (bicyclic) bond motifs is 1. The van der Waals surface area contributed by atoms with E-state index in [2.05, 4.69) is 88.2 Å². The Morgan fingerprint density at radius 3 is 2.60 bits per heavy atom. The van der Waals surface area contributed by atoms with Crippen molar-refractivity contribution >= 4 is 28.1 Å². The fourth-order valence-corrected chi connectivity index (χ4v) is 5.65. The van der Waals surface area contributed by atoms with Crippen LogP contribution in [0.5, 0.6) is 0 Å². The molecule has 0 spiro atoms. The lowest BCUT2D eigenvalue weighted by atomic mass is 9.96. The van der Waals surface area contributed by atoms with Crippen LogP contribution < -0.4 is 5.32 Å². The van der Waals surface area contributed by atoms with Crippen LogP contribution in [0.15, 0.2) is 95.7 Å². The van der Waals surface area contributed by atoms with Gasteiger partial charge in [-0.05, 0) is 73.4 Å². The smallest absolute Gasteiger partial charge is 0.170 e. The van der Waals surface area contributed by atoms with Gasteiger partial charge in [0.05, 0.1) is 36.3 Å². The Kier molecular flexibility index (Phi) is 5.38. The minimum Gasteiger partial charge on any atom is -0.467 e. The maximum Gasteiger partial charge on any atom is 0.170 e. The maximum atomic E-state index is 5.85. The van der Waals surface area contributed by atoms with Crippen molar-refractivity contribution in [3.05, 3.63) is 120 Å². The van der Waals surface area contributed by atoms with E-state index in [9.17, 15) is 0 Å². The van der Waals surface area contributed by atoms with E-state index in [4.69, 9.17) is 16.6 Å². The molecule has 6 rings (SSSR count). The first-order chi connectivity index (χ1) is 17.1. The Hall–Kier alpha value is -3.90. The topological polar surface area (TPSA) is 46.2 Å². The van der Waals surface area contributed by atoms with Gasteiger partial charge in [0.25, 0.3) is 0 Å². The lowest BCUT2D eigenvalue weighted by Crippen LogP contribution is -2.29. The summed E-state index contributed by atoms with van der Waals surface area (Å²) < 4.78 is 8.06. The molecular formula is C29H26N4OS. The second-order valence-corrected chi connectivity index (χ2v) is 9.38. The fraction of sp³-hybridized carbons (Fsp3) is 0.172. The minimum atomic E-state index is -0.0693. The van der Waals surface area contributed by atoms with Gasteiger partial charge in [0.2, 0.25) is 0 Å². The van der Waals surface area contributed by atoms with Crippen LogP contribution in [-0.4, -0.2) is 19.6 Å². The molecule has 0 radical (unpaired) electrons. The summed E-state index contributed by atoms with van der Waals surface area (Å²) in [6, 6.07) is 27.2. The largest absolute Gasteiger partial charge is 0.467 e. The van der Waals surface area contributed by atoms with Gasteiger partial charge in [-0.25, -0.2) is 0 Å². The van der Waals surface area contributed by atoms with E-state index in [-0.39, 0.29) is 12.1 Å². The molecule has 1 saturated heterocycles. The van der Waals surface area contributed by atoms with Gasteiger partial charge in [0, 0.05) is 23.0 Å². The van der Waals surface area contributed by atoms with Gasteiger partial charge in [-0.15, -0.1) is 0 Å². The zero-order valence-corrected chi connectivity index (χ0v) is 20.5. The Labute approximate surface area is 210 Å². The van der Waals surface area contributed by atoms with Crippen LogP contribution in [-0.2, 0) is 6.54 Å². The van der Waals surface area contributed by atoms with E-state index >= 15 is 0 Å². The van der Waals surface area contributed by atoms with Crippen molar-refractivity contribution in [2.75, 3.05) is 0 Å². The molecule has 6 heteroatoms. The van der Waals surface area contributed by atoms with Gasteiger partial charge in [-0.3, -0.25) is 4.98 Å². The first-order valence-corrected chi connectivity index (χ1v) is 12.2. The number of benzene rings is 2. The monoisotopic (exact) mass is 478 g/mol. The third kappa shape index (κ3) is 3.70. The van der Waals surface area contributed by atoms with Crippen LogP contribution >= 0.6 is 12.2 Å². The molecule has 0 bridgehead atoms. The molecule has 2 atom stereocenters.